The average molecular weight is 481 g/mol. The van der Waals surface area contributed by atoms with Crippen LogP contribution in [0.3, 0.4) is 0 Å². The number of hydrogen-bond donors (Lipinski definition) is 2. The molecule has 0 radical (unpaired) electrons. The summed E-state index contributed by atoms with van der Waals surface area (Å²) in [4.78, 5) is 36.2. The van der Waals surface area contributed by atoms with Crippen molar-refractivity contribution in [2.45, 2.75) is 70.4 Å². The second-order valence-electron chi connectivity index (χ2n) is 10.1. The molecule has 7 heteroatoms. The van der Waals surface area contributed by atoms with Crippen molar-refractivity contribution in [3.63, 3.8) is 0 Å². The Kier molecular flexibility index (Phi) is 7.27. The van der Waals surface area contributed by atoms with Crippen molar-refractivity contribution in [1.82, 2.24) is 15.3 Å². The maximum Gasteiger partial charge on any atom is 0.248 e. The van der Waals surface area contributed by atoms with E-state index in [4.69, 9.17) is 11.6 Å². The molecule has 34 heavy (non-hydrogen) atoms. The first-order chi connectivity index (χ1) is 16.3. The zero-order chi connectivity index (χ0) is 24.3. The minimum atomic E-state index is -0.888. The van der Waals surface area contributed by atoms with E-state index < -0.39 is 6.04 Å². The number of hydrogen-bond acceptors (Lipinski definition) is 3. The largest absolute Gasteiger partial charge is 0.360 e. The number of nitrogens with zero attached hydrogens (tertiary/aromatic N) is 2. The summed E-state index contributed by atoms with van der Waals surface area (Å²) in [7, 11) is 0. The van der Waals surface area contributed by atoms with Crippen molar-refractivity contribution >= 4 is 40.0 Å². The van der Waals surface area contributed by atoms with Crippen LogP contribution in [0.5, 0.6) is 0 Å². The van der Waals surface area contributed by atoms with E-state index in [0.29, 0.717) is 11.3 Å². The third kappa shape index (κ3) is 5.12. The summed E-state index contributed by atoms with van der Waals surface area (Å²) in [6.45, 7) is 6.42. The second-order valence-corrected chi connectivity index (χ2v) is 10.4. The van der Waals surface area contributed by atoms with Crippen molar-refractivity contribution < 1.29 is 9.59 Å². The molecule has 1 unspecified atom stereocenters. The number of anilines is 1. The molecule has 2 aromatic heterocycles. The molecule has 1 aliphatic rings. The summed E-state index contributed by atoms with van der Waals surface area (Å²) in [6, 6.07) is 8.95. The number of alkyl halides is 1. The normalized spacial score (nSPS) is 15.8. The lowest BCUT2D eigenvalue weighted by Gasteiger charge is -2.33. The summed E-state index contributed by atoms with van der Waals surface area (Å²) in [5.41, 5.74) is 3.24. The first kappa shape index (κ1) is 24.3. The molecule has 0 saturated heterocycles. The van der Waals surface area contributed by atoms with Gasteiger partial charge >= 0.3 is 0 Å². The molecule has 1 saturated carbocycles. The molecule has 2 amide bonds. The van der Waals surface area contributed by atoms with E-state index in [9.17, 15) is 9.59 Å². The minimum absolute atomic E-state index is 0.0295. The molecular formula is C27H33ClN4O2. The number of H-pyrrole nitrogens is 1. The Morgan fingerprint density at radius 1 is 1.12 bits per heavy atom. The van der Waals surface area contributed by atoms with Crippen molar-refractivity contribution in [3.05, 3.63) is 60.0 Å². The van der Waals surface area contributed by atoms with Crippen molar-refractivity contribution in [1.29, 1.82) is 0 Å². The van der Waals surface area contributed by atoms with E-state index in [1.165, 1.54) is 11.3 Å². The molecule has 3 aromatic rings. The number of nitrogens with one attached hydrogen (secondary N) is 2. The summed E-state index contributed by atoms with van der Waals surface area (Å²) < 4.78 is 0. The fraction of sp³-hybridized carbons (Fsp3) is 0.444. The molecule has 0 bridgehead atoms. The Bertz CT molecular complexity index is 1140. The SMILES string of the molecule is CC(C)(C)c1ccc(N(C(=O)CCl)C(C(=O)NC2CCCCC2)c2cncc3[nH]ccc23)cc1. The molecular weight excluding hydrogens is 448 g/mol. The summed E-state index contributed by atoms with van der Waals surface area (Å²) in [6.07, 6.45) is 10.5. The highest BCUT2D eigenvalue weighted by atomic mass is 35.5. The van der Waals surface area contributed by atoms with Crippen LogP contribution in [0.1, 0.15) is 70.0 Å². The Labute approximate surface area is 206 Å². The predicted molar refractivity (Wildman–Crippen MR) is 137 cm³/mol. The molecule has 180 valence electrons. The minimum Gasteiger partial charge on any atom is -0.360 e. The highest BCUT2D eigenvalue weighted by molar-refractivity contribution is 6.30. The molecule has 1 aliphatic carbocycles. The Morgan fingerprint density at radius 2 is 1.82 bits per heavy atom. The first-order valence-corrected chi connectivity index (χ1v) is 12.5. The highest BCUT2D eigenvalue weighted by Crippen LogP contribution is 2.34. The van der Waals surface area contributed by atoms with Gasteiger partial charge in [0.15, 0.2) is 0 Å². The van der Waals surface area contributed by atoms with Gasteiger partial charge in [0.05, 0.1) is 11.7 Å². The van der Waals surface area contributed by atoms with Gasteiger partial charge in [0.1, 0.15) is 11.9 Å². The van der Waals surface area contributed by atoms with Crippen LogP contribution in [0.25, 0.3) is 10.9 Å². The maximum absolute atomic E-state index is 13.9. The van der Waals surface area contributed by atoms with Crippen LogP contribution in [0.15, 0.2) is 48.9 Å². The van der Waals surface area contributed by atoms with E-state index >= 15 is 0 Å². The molecule has 0 aliphatic heterocycles. The summed E-state index contributed by atoms with van der Waals surface area (Å²) >= 11 is 6.08. The maximum atomic E-state index is 13.9. The predicted octanol–water partition coefficient (Wildman–Crippen LogP) is 5.62. The number of amides is 2. The van der Waals surface area contributed by atoms with Crippen molar-refractivity contribution in [3.8, 4) is 0 Å². The molecule has 2 heterocycles. The fourth-order valence-electron chi connectivity index (χ4n) is 4.77. The van der Waals surface area contributed by atoms with Crippen LogP contribution in [0, 0.1) is 0 Å². The van der Waals surface area contributed by atoms with Crippen molar-refractivity contribution in [2.24, 2.45) is 0 Å². The fourth-order valence-corrected chi connectivity index (χ4v) is 4.90. The molecule has 1 fully saturated rings. The number of fused-ring (bicyclic) bond motifs is 1. The second kappa shape index (κ2) is 10.2. The zero-order valence-electron chi connectivity index (χ0n) is 20.1. The third-order valence-electron chi connectivity index (χ3n) is 6.65. The Morgan fingerprint density at radius 3 is 2.47 bits per heavy atom. The topological polar surface area (TPSA) is 78.1 Å². The number of rotatable bonds is 6. The average Bonchev–Trinajstić information content (AvgIpc) is 3.31. The van der Waals surface area contributed by atoms with Gasteiger partial charge in [-0.05, 0) is 42.0 Å². The van der Waals surface area contributed by atoms with E-state index in [1.54, 1.807) is 12.4 Å². The number of aromatic amines is 1. The van der Waals surface area contributed by atoms with Gasteiger partial charge in [-0.2, -0.15) is 0 Å². The molecule has 0 spiro atoms. The van der Waals surface area contributed by atoms with Crippen LogP contribution in [-0.4, -0.2) is 33.7 Å². The van der Waals surface area contributed by atoms with Gasteiger partial charge in [0.25, 0.3) is 0 Å². The molecule has 1 aromatic carbocycles. The standard InChI is InChI=1S/C27H33ClN4O2/c1-27(2,3)18-9-11-20(12-10-18)32(24(33)15-28)25(26(34)31-19-7-5-4-6-8-19)22-16-29-17-23-21(22)13-14-30-23/h9-14,16-17,19,25,30H,4-8,15H2,1-3H3,(H,31,34). The summed E-state index contributed by atoms with van der Waals surface area (Å²) in [5, 5.41) is 4.08. The van der Waals surface area contributed by atoms with Crippen LogP contribution >= 0.6 is 11.6 Å². The first-order valence-electron chi connectivity index (χ1n) is 12.0. The van der Waals surface area contributed by atoms with Crippen LogP contribution in [0.4, 0.5) is 5.69 Å². The van der Waals surface area contributed by atoms with Gasteiger partial charge in [0, 0.05) is 35.1 Å². The smallest absolute Gasteiger partial charge is 0.248 e. The monoisotopic (exact) mass is 480 g/mol. The van der Waals surface area contributed by atoms with E-state index in [-0.39, 0.29) is 29.2 Å². The lowest BCUT2D eigenvalue weighted by molar-refractivity contribution is -0.126. The van der Waals surface area contributed by atoms with E-state index in [1.807, 2.05) is 36.5 Å². The van der Waals surface area contributed by atoms with Gasteiger partial charge in [-0.3, -0.25) is 19.5 Å². The quantitative estimate of drug-likeness (QED) is 0.449. The van der Waals surface area contributed by atoms with Crippen LogP contribution in [0.2, 0.25) is 0 Å². The number of aromatic nitrogens is 2. The third-order valence-corrected chi connectivity index (χ3v) is 6.88. The lowest BCUT2D eigenvalue weighted by atomic mass is 9.87. The molecule has 1 atom stereocenters. The van der Waals surface area contributed by atoms with Gasteiger partial charge in [-0.1, -0.05) is 52.2 Å². The molecule has 4 rings (SSSR count). The van der Waals surface area contributed by atoms with E-state index in [2.05, 4.69) is 36.1 Å². The Balaban J connectivity index is 1.80. The van der Waals surface area contributed by atoms with Gasteiger partial charge in [-0.15, -0.1) is 11.6 Å². The number of pyridine rings is 1. The number of benzene rings is 1. The molecule has 6 nitrogen and oxygen atoms in total. The van der Waals surface area contributed by atoms with Crippen LogP contribution < -0.4 is 10.2 Å². The summed E-state index contributed by atoms with van der Waals surface area (Å²) in [5.74, 6) is -0.771. The van der Waals surface area contributed by atoms with Gasteiger partial charge in [0.2, 0.25) is 11.8 Å². The number of carbonyl (C=O) groups excluding carboxylic acids is 2. The van der Waals surface area contributed by atoms with Gasteiger partial charge < -0.3 is 10.3 Å². The lowest BCUT2D eigenvalue weighted by Crippen LogP contribution is -2.47. The Hall–Kier alpha value is -2.86. The molecule has 2 N–H and O–H groups in total. The highest BCUT2D eigenvalue weighted by Gasteiger charge is 2.35. The van der Waals surface area contributed by atoms with E-state index in [0.717, 1.165) is 42.1 Å². The van der Waals surface area contributed by atoms with Gasteiger partial charge in [-0.25, -0.2) is 0 Å². The number of carbonyl (C=O) groups is 2. The zero-order valence-corrected chi connectivity index (χ0v) is 20.9. The van der Waals surface area contributed by atoms with Crippen molar-refractivity contribution in [2.75, 3.05) is 10.8 Å². The van der Waals surface area contributed by atoms with Crippen LogP contribution in [-0.2, 0) is 15.0 Å². The number of halogens is 1.